The number of amides is 3. The number of guanidine groups is 1. The number of hydrogen-bond acceptors (Lipinski definition) is 5. The number of rotatable bonds is 10. The molecule has 37 heavy (non-hydrogen) atoms. The Morgan fingerprint density at radius 1 is 1.11 bits per heavy atom. The van der Waals surface area contributed by atoms with Crippen LogP contribution in [0.15, 0.2) is 30.3 Å². The molecule has 4 N–H and O–H groups in total. The largest absolute Gasteiger partial charge is 0.370 e. The van der Waals surface area contributed by atoms with Crippen LogP contribution in [0.1, 0.15) is 44.1 Å². The van der Waals surface area contributed by atoms with Gasteiger partial charge in [0, 0.05) is 31.6 Å². The number of nitrogens with zero attached hydrogens (tertiary/aromatic N) is 3. The Hall–Kier alpha value is -3.14. The van der Waals surface area contributed by atoms with Gasteiger partial charge < -0.3 is 25.8 Å². The van der Waals surface area contributed by atoms with Gasteiger partial charge in [-0.15, -0.1) is 12.4 Å². The van der Waals surface area contributed by atoms with E-state index in [1.54, 1.807) is 14.7 Å². The lowest BCUT2D eigenvalue weighted by Crippen LogP contribution is -2.61. The highest BCUT2D eigenvalue weighted by Crippen LogP contribution is 2.30. The molecule has 2 atom stereocenters. The minimum Gasteiger partial charge on any atom is -0.370 e. The summed E-state index contributed by atoms with van der Waals surface area (Å²) in [5, 5.41) is 10.3. The fraction of sp³-hybridized carbons (Fsp3) is 0.577. The number of nitrogens with one attached hydrogen (secondary N) is 2. The molecular weight excluding hydrogens is 496 g/mol. The van der Waals surface area contributed by atoms with Crippen LogP contribution >= 0.6 is 12.4 Å². The third-order valence-electron chi connectivity index (χ3n) is 7.32. The zero-order valence-corrected chi connectivity index (χ0v) is 21.9. The fourth-order valence-electron chi connectivity index (χ4n) is 5.12. The summed E-state index contributed by atoms with van der Waals surface area (Å²) < 4.78 is 0. The van der Waals surface area contributed by atoms with Crippen LogP contribution in [-0.2, 0) is 25.6 Å². The average Bonchev–Trinajstić information content (AvgIpc) is 3.72. The molecule has 202 valence electrons. The van der Waals surface area contributed by atoms with Gasteiger partial charge in [-0.2, -0.15) is 0 Å². The lowest BCUT2D eigenvalue weighted by Gasteiger charge is -2.40. The Balaban J connectivity index is 0.00000380. The molecule has 0 radical (unpaired) electrons. The average molecular weight is 533 g/mol. The van der Waals surface area contributed by atoms with Crippen molar-refractivity contribution in [3.8, 4) is 0 Å². The van der Waals surface area contributed by atoms with Gasteiger partial charge in [-0.25, -0.2) is 0 Å². The first kappa shape index (κ1) is 28.4. The maximum absolute atomic E-state index is 13.3. The zero-order chi connectivity index (χ0) is 25.7. The first-order valence-electron chi connectivity index (χ1n) is 12.9. The maximum atomic E-state index is 13.3. The number of halogens is 1. The van der Waals surface area contributed by atoms with E-state index in [4.69, 9.17) is 11.1 Å². The number of ketones is 1. The number of carbonyl (C=O) groups is 4. The second-order valence-electron chi connectivity index (χ2n) is 10.0. The van der Waals surface area contributed by atoms with E-state index in [0.717, 1.165) is 31.2 Å². The Kier molecular flexibility index (Phi) is 9.91. The fourth-order valence-corrected chi connectivity index (χ4v) is 5.12. The summed E-state index contributed by atoms with van der Waals surface area (Å²) in [6.45, 7) is 1.37. The van der Waals surface area contributed by atoms with Gasteiger partial charge in [-0.05, 0) is 44.1 Å². The summed E-state index contributed by atoms with van der Waals surface area (Å²) in [6, 6.07) is 9.20. The molecule has 0 spiro atoms. The van der Waals surface area contributed by atoms with Crippen LogP contribution in [0.25, 0.3) is 0 Å². The third kappa shape index (κ3) is 7.44. The molecule has 1 saturated carbocycles. The van der Waals surface area contributed by atoms with Gasteiger partial charge in [0.05, 0.1) is 13.0 Å². The number of aryl methyl sites for hydroxylation is 1. The van der Waals surface area contributed by atoms with E-state index < -0.39 is 11.9 Å². The van der Waals surface area contributed by atoms with Gasteiger partial charge in [0.2, 0.25) is 17.7 Å². The standard InChI is InChI=1S/C26H36N6O4.ClH/c27-26(28)30-12-5-9-19(16-30)22(33)15-29-23(34)14-21-25(36)32(20-10-11-20)17-24(35)31(21)13-4-8-18-6-2-1-3-7-18;/h1-3,6-7,19-21H,4-5,8-17H2,(H3,27,28)(H,29,34);1H/t19-,21-;/m0./s1. The second kappa shape index (κ2) is 12.9. The topological polar surface area (TPSA) is 140 Å². The number of piperazine rings is 1. The van der Waals surface area contributed by atoms with Gasteiger partial charge in [0.1, 0.15) is 12.6 Å². The van der Waals surface area contributed by atoms with Crippen molar-refractivity contribution in [1.82, 2.24) is 20.0 Å². The van der Waals surface area contributed by atoms with Gasteiger partial charge in [-0.3, -0.25) is 24.6 Å². The molecule has 2 heterocycles. The van der Waals surface area contributed by atoms with Crippen LogP contribution in [0.4, 0.5) is 0 Å². The number of Topliss-reactive ketones (excluding diaryl/α,β-unsaturated/α-hetero) is 1. The molecule has 1 aromatic carbocycles. The van der Waals surface area contributed by atoms with Crippen molar-refractivity contribution in [2.45, 2.75) is 57.0 Å². The van der Waals surface area contributed by atoms with Crippen molar-refractivity contribution in [1.29, 1.82) is 5.41 Å². The number of benzene rings is 1. The number of carbonyl (C=O) groups excluding carboxylic acids is 4. The Labute approximate surface area is 223 Å². The molecule has 2 aliphatic heterocycles. The monoisotopic (exact) mass is 532 g/mol. The lowest BCUT2D eigenvalue weighted by atomic mass is 9.94. The Morgan fingerprint density at radius 2 is 1.84 bits per heavy atom. The highest BCUT2D eigenvalue weighted by atomic mass is 35.5. The lowest BCUT2D eigenvalue weighted by molar-refractivity contribution is -0.157. The molecule has 1 aromatic rings. The normalized spacial score (nSPS) is 21.9. The molecule has 3 amide bonds. The van der Waals surface area contributed by atoms with Gasteiger partial charge in [-0.1, -0.05) is 30.3 Å². The molecule has 1 aliphatic carbocycles. The summed E-state index contributed by atoms with van der Waals surface area (Å²) in [7, 11) is 0. The molecule has 0 aromatic heterocycles. The van der Waals surface area contributed by atoms with Crippen molar-refractivity contribution >= 4 is 41.9 Å². The quantitative estimate of drug-likeness (QED) is 0.302. The number of nitrogens with two attached hydrogens (primary N) is 1. The molecule has 4 rings (SSSR count). The molecule has 3 fully saturated rings. The summed E-state index contributed by atoms with van der Waals surface area (Å²) in [6.07, 6.45) is 4.54. The van der Waals surface area contributed by atoms with Gasteiger partial charge >= 0.3 is 0 Å². The van der Waals surface area contributed by atoms with Crippen molar-refractivity contribution in [3.05, 3.63) is 35.9 Å². The first-order valence-corrected chi connectivity index (χ1v) is 12.9. The summed E-state index contributed by atoms with van der Waals surface area (Å²) in [5.74, 6) is -1.18. The molecule has 2 saturated heterocycles. The molecule has 11 heteroatoms. The highest BCUT2D eigenvalue weighted by molar-refractivity contribution is 5.98. The van der Waals surface area contributed by atoms with E-state index in [0.29, 0.717) is 32.5 Å². The van der Waals surface area contributed by atoms with Crippen LogP contribution in [0.5, 0.6) is 0 Å². The van der Waals surface area contributed by atoms with Crippen LogP contribution < -0.4 is 11.1 Å². The van der Waals surface area contributed by atoms with Gasteiger partial charge in [0.25, 0.3) is 0 Å². The van der Waals surface area contributed by atoms with Crippen LogP contribution in [0.2, 0.25) is 0 Å². The predicted octanol–water partition coefficient (Wildman–Crippen LogP) is 0.924. The first-order chi connectivity index (χ1) is 17.3. The summed E-state index contributed by atoms with van der Waals surface area (Å²) >= 11 is 0. The van der Waals surface area contributed by atoms with Crippen molar-refractivity contribution in [3.63, 3.8) is 0 Å². The molecule has 10 nitrogen and oxygen atoms in total. The Morgan fingerprint density at radius 3 is 2.51 bits per heavy atom. The van der Waals surface area contributed by atoms with Crippen molar-refractivity contribution in [2.24, 2.45) is 11.7 Å². The second-order valence-corrected chi connectivity index (χ2v) is 10.0. The van der Waals surface area contributed by atoms with E-state index >= 15 is 0 Å². The minimum absolute atomic E-state index is 0. The van der Waals surface area contributed by atoms with Crippen LogP contribution in [0.3, 0.4) is 0 Å². The smallest absolute Gasteiger partial charge is 0.246 e. The number of hydrogen-bond donors (Lipinski definition) is 3. The van der Waals surface area contributed by atoms with Crippen molar-refractivity contribution in [2.75, 3.05) is 32.7 Å². The van der Waals surface area contributed by atoms with E-state index in [1.807, 2.05) is 30.3 Å². The summed E-state index contributed by atoms with van der Waals surface area (Å²) in [5.41, 5.74) is 6.72. The van der Waals surface area contributed by atoms with Crippen LogP contribution in [-0.4, -0.2) is 89.0 Å². The van der Waals surface area contributed by atoms with E-state index in [9.17, 15) is 19.2 Å². The number of piperidine rings is 1. The predicted molar refractivity (Wildman–Crippen MR) is 141 cm³/mol. The zero-order valence-electron chi connectivity index (χ0n) is 21.1. The maximum Gasteiger partial charge on any atom is 0.246 e. The van der Waals surface area contributed by atoms with Crippen LogP contribution in [0, 0.1) is 11.3 Å². The van der Waals surface area contributed by atoms with E-state index in [2.05, 4.69) is 5.32 Å². The summed E-state index contributed by atoms with van der Waals surface area (Å²) in [4.78, 5) is 56.6. The molecule has 3 aliphatic rings. The highest BCUT2D eigenvalue weighted by Gasteiger charge is 2.45. The molecule has 0 unspecified atom stereocenters. The van der Waals surface area contributed by atoms with E-state index in [-0.39, 0.29) is 67.4 Å². The Bertz CT molecular complexity index is 1000. The molecular formula is C26H37ClN6O4. The SMILES string of the molecule is Cl.N=C(N)N1CCC[C@H](C(=O)CNC(=O)C[C@H]2C(=O)N(C3CC3)CC(=O)N2CCCc2ccccc2)C1. The molecule has 0 bridgehead atoms. The van der Waals surface area contributed by atoms with Crippen molar-refractivity contribution < 1.29 is 19.2 Å². The minimum atomic E-state index is -0.847. The van der Waals surface area contributed by atoms with E-state index in [1.165, 1.54) is 0 Å². The number of likely N-dealkylation sites (tertiary alicyclic amines) is 1. The van der Waals surface area contributed by atoms with Gasteiger partial charge in [0.15, 0.2) is 11.7 Å². The third-order valence-corrected chi connectivity index (χ3v) is 7.32.